The van der Waals surface area contributed by atoms with Crippen LogP contribution in [0.2, 0.25) is 0 Å². The molecule has 0 N–H and O–H groups in total. The van der Waals surface area contributed by atoms with Crippen LogP contribution in [0, 0.1) is 12.3 Å². The molecule has 1 aliphatic rings. The van der Waals surface area contributed by atoms with Gasteiger partial charge in [-0.05, 0) is 19.7 Å². The highest BCUT2D eigenvalue weighted by molar-refractivity contribution is 8.70. The second-order valence-electron chi connectivity index (χ2n) is 2.59. The van der Waals surface area contributed by atoms with Crippen LogP contribution in [0.3, 0.4) is 0 Å². The maximum atomic E-state index is 5.54. The number of terminal acetylenes is 1. The van der Waals surface area contributed by atoms with Gasteiger partial charge in [0.25, 0.3) is 0 Å². The van der Waals surface area contributed by atoms with Crippen LogP contribution in [-0.4, -0.2) is 30.2 Å². The minimum absolute atomic E-state index is 0.299. The highest BCUT2D eigenvalue weighted by Gasteiger charge is 2.33. The van der Waals surface area contributed by atoms with Gasteiger partial charge in [-0.3, -0.25) is 4.67 Å². The third-order valence-corrected chi connectivity index (χ3v) is 10.4. The Hall–Kier alpha value is 0.520. The lowest BCUT2D eigenvalue weighted by Crippen LogP contribution is -2.18. The second-order valence-corrected chi connectivity index (χ2v) is 10.7. The Morgan fingerprint density at radius 1 is 1.82 bits per heavy atom. The zero-order chi connectivity index (χ0) is 8.48. The summed E-state index contributed by atoms with van der Waals surface area (Å²) >= 11 is 7.36. The molecule has 1 rings (SSSR count). The Morgan fingerprint density at radius 3 is 2.73 bits per heavy atom. The average molecular weight is 205 g/mol. The normalized spacial score (nSPS) is 38.8. The van der Waals surface area contributed by atoms with Crippen molar-refractivity contribution in [1.82, 2.24) is 4.67 Å². The number of hydrogen-bond donors (Lipinski definition) is 0. The van der Waals surface area contributed by atoms with Gasteiger partial charge >= 0.3 is 0 Å². The monoisotopic (exact) mass is 205 g/mol. The first-order valence-corrected chi connectivity index (χ1v) is 8.25. The summed E-state index contributed by atoms with van der Waals surface area (Å²) in [5.41, 5.74) is 0. The Labute approximate surface area is 77.7 Å². The van der Waals surface area contributed by atoms with Crippen LogP contribution in [-0.2, 0) is 11.8 Å². The van der Waals surface area contributed by atoms with Crippen molar-refractivity contribution in [3.8, 4) is 12.3 Å². The van der Waals surface area contributed by atoms with Gasteiger partial charge < -0.3 is 0 Å². The SMILES string of the molecule is C#CC1CCP(=S)(SC)N1C. The molecule has 0 aromatic heterocycles. The highest BCUT2D eigenvalue weighted by atomic mass is 32.9. The fourth-order valence-corrected chi connectivity index (χ4v) is 5.82. The minimum atomic E-state index is -1.27. The van der Waals surface area contributed by atoms with E-state index in [0.717, 1.165) is 12.6 Å². The number of nitrogens with zero attached hydrogens (tertiary/aromatic N) is 1. The van der Waals surface area contributed by atoms with Crippen LogP contribution in [0.1, 0.15) is 6.42 Å². The van der Waals surface area contributed by atoms with Crippen molar-refractivity contribution in [2.24, 2.45) is 0 Å². The minimum Gasteiger partial charge on any atom is -0.256 e. The predicted octanol–water partition coefficient (Wildman–Crippen LogP) is 2.00. The van der Waals surface area contributed by atoms with E-state index < -0.39 is 5.39 Å². The van der Waals surface area contributed by atoms with Gasteiger partial charge in [-0.1, -0.05) is 17.7 Å². The van der Waals surface area contributed by atoms with Gasteiger partial charge in [0.1, 0.15) is 0 Å². The molecule has 1 fully saturated rings. The van der Waals surface area contributed by atoms with E-state index in [0.29, 0.717) is 6.04 Å². The Bertz CT molecular complexity index is 233. The van der Waals surface area contributed by atoms with E-state index in [-0.39, 0.29) is 0 Å². The molecule has 0 bridgehead atoms. The highest BCUT2D eigenvalue weighted by Crippen LogP contribution is 2.64. The van der Waals surface area contributed by atoms with Gasteiger partial charge in [0.15, 0.2) is 0 Å². The Balaban J connectivity index is 2.80. The molecule has 1 nitrogen and oxygen atoms in total. The van der Waals surface area contributed by atoms with Gasteiger partial charge in [0, 0.05) is 6.16 Å². The lowest BCUT2D eigenvalue weighted by molar-refractivity contribution is 0.505. The van der Waals surface area contributed by atoms with Crippen molar-refractivity contribution >= 4 is 28.6 Å². The standard InChI is InChI=1S/C7H12NPS2/c1-4-7-5-6-9(10,11-3)8(7)2/h1,7H,5-6H2,2-3H3. The second kappa shape index (κ2) is 3.49. The molecular formula is C7H12NPS2. The van der Waals surface area contributed by atoms with Crippen LogP contribution < -0.4 is 0 Å². The molecule has 2 atom stereocenters. The van der Waals surface area contributed by atoms with Gasteiger partial charge in [-0.15, -0.1) is 17.8 Å². The molecule has 1 saturated heterocycles. The molecule has 0 radical (unpaired) electrons. The summed E-state index contributed by atoms with van der Waals surface area (Å²) in [4.78, 5) is 0. The summed E-state index contributed by atoms with van der Waals surface area (Å²) in [6.45, 7) is 0. The largest absolute Gasteiger partial charge is 0.256 e. The molecule has 4 heteroatoms. The summed E-state index contributed by atoms with van der Waals surface area (Å²) in [6, 6.07) is 0.299. The van der Waals surface area contributed by atoms with E-state index in [1.54, 1.807) is 0 Å². The van der Waals surface area contributed by atoms with E-state index in [9.17, 15) is 0 Å². The van der Waals surface area contributed by atoms with Crippen molar-refractivity contribution in [1.29, 1.82) is 0 Å². The number of hydrogen-bond acceptors (Lipinski definition) is 2. The fourth-order valence-electron chi connectivity index (χ4n) is 1.25. The van der Waals surface area contributed by atoms with E-state index in [2.05, 4.69) is 23.9 Å². The molecule has 1 aliphatic heterocycles. The third kappa shape index (κ3) is 1.65. The maximum absolute atomic E-state index is 5.54. The van der Waals surface area contributed by atoms with Crippen molar-refractivity contribution in [2.45, 2.75) is 12.5 Å². The predicted molar refractivity (Wildman–Crippen MR) is 57.7 cm³/mol. The first-order chi connectivity index (χ1) is 5.14. The smallest absolute Gasteiger partial charge is 0.0759 e. The van der Waals surface area contributed by atoms with E-state index in [1.165, 1.54) is 0 Å². The molecule has 0 aliphatic carbocycles. The van der Waals surface area contributed by atoms with Gasteiger partial charge in [0.05, 0.1) is 11.4 Å². The summed E-state index contributed by atoms with van der Waals surface area (Å²) < 4.78 is 2.23. The molecule has 2 unspecified atom stereocenters. The molecule has 0 spiro atoms. The van der Waals surface area contributed by atoms with E-state index >= 15 is 0 Å². The molecule has 0 saturated carbocycles. The Kier molecular flexibility index (Phi) is 3.05. The van der Waals surface area contributed by atoms with Crippen LogP contribution in [0.25, 0.3) is 0 Å². The van der Waals surface area contributed by atoms with Crippen LogP contribution in [0.15, 0.2) is 0 Å². The molecule has 0 aromatic carbocycles. The molecule has 1 heterocycles. The molecule has 62 valence electrons. The number of rotatable bonds is 1. The van der Waals surface area contributed by atoms with Gasteiger partial charge in [-0.25, -0.2) is 0 Å². The first kappa shape index (κ1) is 9.61. The fraction of sp³-hybridized carbons (Fsp3) is 0.714. The van der Waals surface area contributed by atoms with E-state index in [1.807, 2.05) is 11.4 Å². The lowest BCUT2D eigenvalue weighted by Gasteiger charge is -2.24. The Morgan fingerprint density at radius 2 is 2.45 bits per heavy atom. The lowest BCUT2D eigenvalue weighted by atomic mass is 10.2. The molecule has 0 aromatic rings. The molecule has 0 amide bonds. The summed E-state index contributed by atoms with van der Waals surface area (Å²) in [6.07, 6.45) is 9.69. The van der Waals surface area contributed by atoms with Crippen LogP contribution in [0.4, 0.5) is 0 Å². The zero-order valence-corrected chi connectivity index (χ0v) is 9.31. The summed E-state index contributed by atoms with van der Waals surface area (Å²) in [7, 11) is 2.06. The van der Waals surface area contributed by atoms with Crippen molar-refractivity contribution < 1.29 is 0 Å². The molecule has 11 heavy (non-hydrogen) atoms. The van der Waals surface area contributed by atoms with Crippen molar-refractivity contribution in [3.05, 3.63) is 0 Å². The quantitative estimate of drug-likeness (QED) is 0.476. The average Bonchev–Trinajstić information content (AvgIpc) is 2.31. The van der Waals surface area contributed by atoms with Crippen LogP contribution >= 0.6 is 16.8 Å². The third-order valence-electron chi connectivity index (χ3n) is 2.09. The van der Waals surface area contributed by atoms with E-state index in [4.69, 9.17) is 18.2 Å². The summed E-state index contributed by atoms with van der Waals surface area (Å²) in [5.74, 6) is 2.78. The maximum Gasteiger partial charge on any atom is 0.0759 e. The van der Waals surface area contributed by atoms with Crippen molar-refractivity contribution in [3.63, 3.8) is 0 Å². The van der Waals surface area contributed by atoms with Crippen molar-refractivity contribution in [2.75, 3.05) is 19.5 Å². The first-order valence-electron chi connectivity index (χ1n) is 3.48. The zero-order valence-electron chi connectivity index (χ0n) is 6.78. The van der Waals surface area contributed by atoms with Gasteiger partial charge in [0.2, 0.25) is 0 Å². The molecular weight excluding hydrogens is 193 g/mol. The van der Waals surface area contributed by atoms with Crippen LogP contribution in [0.5, 0.6) is 0 Å². The topological polar surface area (TPSA) is 3.24 Å². The summed E-state index contributed by atoms with van der Waals surface area (Å²) in [5, 5.41) is -1.27. The van der Waals surface area contributed by atoms with Gasteiger partial charge in [-0.2, -0.15) is 0 Å².